The molecule has 0 unspecified atom stereocenters. The number of carbonyl (C=O) groups is 1. The highest BCUT2D eigenvalue weighted by molar-refractivity contribution is 6.30. The zero-order chi connectivity index (χ0) is 19.6. The summed E-state index contributed by atoms with van der Waals surface area (Å²) < 4.78 is 40.3. The van der Waals surface area contributed by atoms with Gasteiger partial charge in [-0.1, -0.05) is 18.0 Å². The van der Waals surface area contributed by atoms with E-state index in [2.05, 4.69) is 20.6 Å². The molecular weight excluding hydrogens is 381 g/mol. The number of aryl methyl sites for hydroxylation is 1. The minimum absolute atomic E-state index is 0.247. The average Bonchev–Trinajstić information content (AvgIpc) is 2.55. The summed E-state index contributed by atoms with van der Waals surface area (Å²) in [6.07, 6.45) is -0.836. The molecule has 0 bridgehead atoms. The maximum absolute atomic E-state index is 13.4. The predicted molar refractivity (Wildman–Crippen MR) is 96.2 cm³/mol. The third kappa shape index (κ3) is 4.68. The third-order valence-corrected chi connectivity index (χ3v) is 4.75. The van der Waals surface area contributed by atoms with E-state index >= 15 is 0 Å². The van der Waals surface area contributed by atoms with Gasteiger partial charge in [-0.2, -0.15) is 13.2 Å². The Morgan fingerprint density at radius 2 is 2.07 bits per heavy atom. The molecule has 5 nitrogen and oxygen atoms in total. The van der Waals surface area contributed by atoms with Crippen molar-refractivity contribution in [3.63, 3.8) is 0 Å². The average molecular weight is 399 g/mol. The molecule has 27 heavy (non-hydrogen) atoms. The molecular formula is C18H18ClF3N4O. The fraction of sp³-hybridized carbons (Fsp3) is 0.389. The van der Waals surface area contributed by atoms with Crippen LogP contribution in [-0.2, 0) is 6.18 Å². The van der Waals surface area contributed by atoms with Gasteiger partial charge >= 0.3 is 6.18 Å². The Labute approximate surface area is 159 Å². The maximum atomic E-state index is 13.4. The smallest absolute Gasteiger partial charge is 0.352 e. The number of halogens is 4. The van der Waals surface area contributed by atoms with Gasteiger partial charge in [0.2, 0.25) is 5.95 Å². The summed E-state index contributed by atoms with van der Waals surface area (Å²) in [6.45, 7) is 2.11. The Hall–Kier alpha value is -2.35. The minimum Gasteiger partial charge on any atom is -0.352 e. The van der Waals surface area contributed by atoms with Gasteiger partial charge in [-0.05, 0) is 49.4 Å². The minimum atomic E-state index is -4.78. The summed E-state index contributed by atoms with van der Waals surface area (Å²) in [5, 5.41) is 5.79. The highest BCUT2D eigenvalue weighted by atomic mass is 35.5. The van der Waals surface area contributed by atoms with E-state index in [0.717, 1.165) is 31.0 Å². The van der Waals surface area contributed by atoms with Crippen molar-refractivity contribution in [2.75, 3.05) is 11.9 Å². The first-order valence-corrected chi connectivity index (χ1v) is 8.87. The monoisotopic (exact) mass is 398 g/mol. The lowest BCUT2D eigenvalue weighted by Gasteiger charge is -2.25. The number of rotatable bonds is 5. The van der Waals surface area contributed by atoms with E-state index < -0.39 is 23.3 Å². The molecule has 1 fully saturated rings. The first-order valence-electron chi connectivity index (χ1n) is 8.49. The van der Waals surface area contributed by atoms with Gasteiger partial charge in [-0.3, -0.25) is 4.79 Å². The Kier molecular flexibility index (Phi) is 5.55. The van der Waals surface area contributed by atoms with Crippen LogP contribution in [0.25, 0.3) is 0 Å². The molecule has 9 heteroatoms. The lowest BCUT2D eigenvalue weighted by atomic mass is 9.85. The molecule has 2 N–H and O–H groups in total. The SMILES string of the molecule is Cc1cc(Cl)ccc1Nc1ncc(C(=O)NCC2CCC2)c(C(F)(F)F)n1. The van der Waals surface area contributed by atoms with E-state index in [1.165, 1.54) is 0 Å². The van der Waals surface area contributed by atoms with E-state index in [4.69, 9.17) is 11.6 Å². The Morgan fingerprint density at radius 3 is 2.67 bits per heavy atom. The molecule has 1 aliphatic carbocycles. The number of alkyl halides is 3. The van der Waals surface area contributed by atoms with Crippen LogP contribution in [0.4, 0.5) is 24.8 Å². The van der Waals surface area contributed by atoms with E-state index in [1.807, 2.05) is 0 Å². The number of hydrogen-bond acceptors (Lipinski definition) is 4. The molecule has 1 heterocycles. The number of amides is 1. The fourth-order valence-corrected chi connectivity index (χ4v) is 2.97. The van der Waals surface area contributed by atoms with Crippen LogP contribution in [0.5, 0.6) is 0 Å². The highest BCUT2D eigenvalue weighted by Crippen LogP contribution is 2.32. The molecule has 1 aliphatic rings. The number of aromatic nitrogens is 2. The first kappa shape index (κ1) is 19.4. The molecule has 1 amide bonds. The van der Waals surface area contributed by atoms with Gasteiger partial charge in [0.25, 0.3) is 5.91 Å². The van der Waals surface area contributed by atoms with Crippen molar-refractivity contribution in [1.82, 2.24) is 15.3 Å². The molecule has 1 aromatic carbocycles. The maximum Gasteiger partial charge on any atom is 0.434 e. The topological polar surface area (TPSA) is 66.9 Å². The van der Waals surface area contributed by atoms with Crippen molar-refractivity contribution in [1.29, 1.82) is 0 Å². The van der Waals surface area contributed by atoms with Crippen LogP contribution in [0.3, 0.4) is 0 Å². The second-order valence-electron chi connectivity index (χ2n) is 6.54. The summed E-state index contributed by atoms with van der Waals surface area (Å²) in [4.78, 5) is 19.6. The fourth-order valence-electron chi connectivity index (χ4n) is 2.74. The van der Waals surface area contributed by atoms with Crippen LogP contribution >= 0.6 is 11.6 Å². The molecule has 2 aromatic rings. The normalized spacial score (nSPS) is 14.6. The number of nitrogens with zero attached hydrogens (tertiary/aromatic N) is 2. The number of hydrogen-bond donors (Lipinski definition) is 2. The van der Waals surface area contributed by atoms with Crippen LogP contribution in [0.15, 0.2) is 24.4 Å². The molecule has 1 saturated carbocycles. The Morgan fingerprint density at radius 1 is 1.33 bits per heavy atom. The number of carbonyl (C=O) groups excluding carboxylic acids is 1. The lowest BCUT2D eigenvalue weighted by molar-refractivity contribution is -0.141. The lowest BCUT2D eigenvalue weighted by Crippen LogP contribution is -2.33. The summed E-state index contributed by atoms with van der Waals surface area (Å²) in [5.74, 6) is -0.732. The van der Waals surface area contributed by atoms with Gasteiger partial charge in [-0.25, -0.2) is 9.97 Å². The van der Waals surface area contributed by atoms with Crippen molar-refractivity contribution >= 4 is 29.1 Å². The van der Waals surface area contributed by atoms with Crippen LogP contribution < -0.4 is 10.6 Å². The quantitative estimate of drug-likeness (QED) is 0.764. The van der Waals surface area contributed by atoms with E-state index in [-0.39, 0.29) is 5.95 Å². The van der Waals surface area contributed by atoms with Crippen molar-refractivity contribution in [3.8, 4) is 0 Å². The molecule has 1 aromatic heterocycles. The summed E-state index contributed by atoms with van der Waals surface area (Å²) in [6, 6.07) is 4.88. The van der Waals surface area contributed by atoms with Gasteiger partial charge in [0.1, 0.15) is 0 Å². The summed E-state index contributed by atoms with van der Waals surface area (Å²) in [5.41, 5.74) is -0.602. The Bertz CT molecular complexity index is 853. The molecule has 3 rings (SSSR count). The zero-order valence-electron chi connectivity index (χ0n) is 14.5. The molecule has 0 atom stereocenters. The van der Waals surface area contributed by atoms with Crippen molar-refractivity contribution in [2.24, 2.45) is 5.92 Å². The van der Waals surface area contributed by atoms with Gasteiger partial charge in [0.15, 0.2) is 5.69 Å². The first-order chi connectivity index (χ1) is 12.7. The summed E-state index contributed by atoms with van der Waals surface area (Å²) in [7, 11) is 0. The highest BCUT2D eigenvalue weighted by Gasteiger charge is 2.38. The van der Waals surface area contributed by atoms with Crippen LogP contribution in [0, 0.1) is 12.8 Å². The summed E-state index contributed by atoms with van der Waals surface area (Å²) >= 11 is 5.87. The largest absolute Gasteiger partial charge is 0.434 e. The van der Waals surface area contributed by atoms with Crippen LogP contribution in [-0.4, -0.2) is 22.4 Å². The molecule has 0 spiro atoms. The molecule has 144 valence electrons. The van der Waals surface area contributed by atoms with E-state index in [9.17, 15) is 18.0 Å². The molecule has 0 saturated heterocycles. The van der Waals surface area contributed by atoms with Gasteiger partial charge < -0.3 is 10.6 Å². The second kappa shape index (κ2) is 7.72. The van der Waals surface area contributed by atoms with Crippen LogP contribution in [0.2, 0.25) is 5.02 Å². The van der Waals surface area contributed by atoms with Gasteiger partial charge in [0.05, 0.1) is 5.56 Å². The van der Waals surface area contributed by atoms with Gasteiger partial charge in [0, 0.05) is 23.5 Å². The van der Waals surface area contributed by atoms with Crippen molar-refractivity contribution in [3.05, 3.63) is 46.2 Å². The van der Waals surface area contributed by atoms with Crippen LogP contribution in [0.1, 0.15) is 40.9 Å². The molecule has 0 aliphatic heterocycles. The van der Waals surface area contributed by atoms with E-state index in [1.54, 1.807) is 25.1 Å². The standard InChI is InChI=1S/C18H18ClF3N4O/c1-10-7-12(19)5-6-14(10)25-17-24-9-13(15(26-17)18(20,21)22)16(27)23-8-11-3-2-4-11/h5-7,9,11H,2-4,8H2,1H3,(H,23,27)(H,24,25,26). The number of anilines is 2. The van der Waals surface area contributed by atoms with Crippen molar-refractivity contribution in [2.45, 2.75) is 32.4 Å². The van der Waals surface area contributed by atoms with Crippen molar-refractivity contribution < 1.29 is 18.0 Å². The van der Waals surface area contributed by atoms with Gasteiger partial charge in [-0.15, -0.1) is 0 Å². The Balaban J connectivity index is 1.83. The van der Waals surface area contributed by atoms with E-state index in [0.29, 0.717) is 23.2 Å². The predicted octanol–water partition coefficient (Wildman–Crippen LogP) is 4.73. The zero-order valence-corrected chi connectivity index (χ0v) is 15.3. The third-order valence-electron chi connectivity index (χ3n) is 4.51. The number of benzene rings is 1. The second-order valence-corrected chi connectivity index (χ2v) is 6.98. The molecule has 0 radical (unpaired) electrons. The number of nitrogens with one attached hydrogen (secondary N) is 2.